The smallest absolute Gasteiger partial charge is 0.181 e. The zero-order valence-electron chi connectivity index (χ0n) is 15.2. The minimum atomic E-state index is 0.739. The van der Waals surface area contributed by atoms with Gasteiger partial charge in [0.1, 0.15) is 0 Å². The number of rotatable bonds is 4. The lowest BCUT2D eigenvalue weighted by molar-refractivity contribution is 0.576. The number of benzene rings is 3. The Hall–Kier alpha value is -3.85. The van der Waals surface area contributed by atoms with Gasteiger partial charge in [-0.25, -0.2) is 4.98 Å². The third-order valence-electron chi connectivity index (χ3n) is 4.73. The molecule has 0 aliphatic rings. The van der Waals surface area contributed by atoms with E-state index in [9.17, 15) is 0 Å². The van der Waals surface area contributed by atoms with Gasteiger partial charge in [-0.2, -0.15) is 0 Å². The van der Waals surface area contributed by atoms with Crippen molar-refractivity contribution in [3.05, 3.63) is 109 Å². The summed E-state index contributed by atoms with van der Waals surface area (Å²) in [6, 6.07) is 34.8. The number of aromatic nitrogens is 2. The molecule has 2 aromatic heterocycles. The van der Waals surface area contributed by atoms with E-state index >= 15 is 0 Å². The average molecular weight is 362 g/mol. The van der Waals surface area contributed by atoms with Gasteiger partial charge in [0.15, 0.2) is 11.6 Å². The van der Waals surface area contributed by atoms with Gasteiger partial charge in [0.25, 0.3) is 0 Å². The fourth-order valence-corrected chi connectivity index (χ4v) is 3.48. The van der Waals surface area contributed by atoms with E-state index in [1.54, 1.807) is 6.26 Å². The molecule has 2 heterocycles. The summed E-state index contributed by atoms with van der Waals surface area (Å²) >= 11 is 0. The van der Waals surface area contributed by atoms with Gasteiger partial charge in [0.05, 0.1) is 17.7 Å². The van der Waals surface area contributed by atoms with Crippen LogP contribution in [0.25, 0.3) is 39.8 Å². The van der Waals surface area contributed by atoms with Gasteiger partial charge in [0.2, 0.25) is 0 Å². The van der Waals surface area contributed by atoms with Crippen LogP contribution in [0.3, 0.4) is 0 Å². The van der Waals surface area contributed by atoms with Crippen molar-refractivity contribution in [1.29, 1.82) is 0 Å². The molecule has 3 aromatic carbocycles. The third kappa shape index (κ3) is 2.83. The second-order valence-corrected chi connectivity index (χ2v) is 6.51. The maximum atomic E-state index is 5.74. The van der Waals surface area contributed by atoms with E-state index in [1.165, 1.54) is 0 Å². The van der Waals surface area contributed by atoms with Crippen LogP contribution in [0.5, 0.6) is 0 Å². The molecule has 0 radical (unpaired) electrons. The lowest BCUT2D eigenvalue weighted by Crippen LogP contribution is -1.99. The predicted molar refractivity (Wildman–Crippen MR) is 112 cm³/mol. The number of para-hydroxylation sites is 1. The van der Waals surface area contributed by atoms with E-state index < -0.39 is 0 Å². The fraction of sp³-hybridized carbons (Fsp3) is 0. The molecular weight excluding hydrogens is 344 g/mol. The van der Waals surface area contributed by atoms with Crippen LogP contribution in [-0.4, -0.2) is 9.55 Å². The van der Waals surface area contributed by atoms with Crippen molar-refractivity contribution < 1.29 is 4.42 Å². The standard InChI is InChI=1S/C25H18N2O/c1-4-11-19(12-5-1)23-24(20-13-6-2-7-14-20)27(21-15-8-3-9-16-21)25(26-23)22-17-10-18-28-22/h1-18H. The quantitative estimate of drug-likeness (QED) is 0.367. The fourth-order valence-electron chi connectivity index (χ4n) is 3.48. The van der Waals surface area contributed by atoms with Gasteiger partial charge in [-0.15, -0.1) is 0 Å². The van der Waals surface area contributed by atoms with Crippen molar-refractivity contribution in [1.82, 2.24) is 9.55 Å². The van der Waals surface area contributed by atoms with Crippen molar-refractivity contribution >= 4 is 0 Å². The Balaban J connectivity index is 1.89. The van der Waals surface area contributed by atoms with Gasteiger partial charge in [-0.3, -0.25) is 4.57 Å². The number of furan rings is 1. The highest BCUT2D eigenvalue weighted by Gasteiger charge is 2.23. The second-order valence-electron chi connectivity index (χ2n) is 6.51. The van der Waals surface area contributed by atoms with Gasteiger partial charge >= 0.3 is 0 Å². The van der Waals surface area contributed by atoms with Gasteiger partial charge in [0, 0.05) is 16.8 Å². The molecular formula is C25H18N2O. The van der Waals surface area contributed by atoms with Crippen molar-refractivity contribution in [2.75, 3.05) is 0 Å². The molecule has 0 aliphatic heterocycles. The average Bonchev–Trinajstić information content (AvgIpc) is 3.43. The molecule has 0 N–H and O–H groups in total. The Morgan fingerprint density at radius 1 is 0.607 bits per heavy atom. The zero-order chi connectivity index (χ0) is 18.8. The Morgan fingerprint density at radius 3 is 1.82 bits per heavy atom. The molecule has 0 bridgehead atoms. The van der Waals surface area contributed by atoms with Crippen LogP contribution in [0.2, 0.25) is 0 Å². The van der Waals surface area contributed by atoms with E-state index in [0.717, 1.165) is 39.8 Å². The van der Waals surface area contributed by atoms with Crippen LogP contribution in [0.4, 0.5) is 0 Å². The van der Waals surface area contributed by atoms with Crippen molar-refractivity contribution in [2.45, 2.75) is 0 Å². The number of nitrogens with zero attached hydrogens (tertiary/aromatic N) is 2. The lowest BCUT2D eigenvalue weighted by Gasteiger charge is -2.12. The summed E-state index contributed by atoms with van der Waals surface area (Å²) in [5, 5.41) is 0. The molecule has 0 atom stereocenters. The number of hydrogen-bond acceptors (Lipinski definition) is 2. The van der Waals surface area contributed by atoms with E-state index in [4.69, 9.17) is 9.40 Å². The Morgan fingerprint density at radius 2 is 1.21 bits per heavy atom. The van der Waals surface area contributed by atoms with E-state index in [-0.39, 0.29) is 0 Å². The summed E-state index contributed by atoms with van der Waals surface area (Å²) < 4.78 is 7.92. The SMILES string of the molecule is c1ccc(-c2nc(-c3ccco3)n(-c3ccccc3)c2-c2ccccc2)cc1. The normalized spacial score (nSPS) is 10.9. The number of imidazole rings is 1. The Labute approximate surface area is 163 Å². The molecule has 0 aliphatic carbocycles. The number of hydrogen-bond donors (Lipinski definition) is 0. The molecule has 0 saturated carbocycles. The molecule has 0 spiro atoms. The summed E-state index contributed by atoms with van der Waals surface area (Å²) in [7, 11) is 0. The van der Waals surface area contributed by atoms with Crippen molar-refractivity contribution in [3.8, 4) is 39.8 Å². The first-order valence-corrected chi connectivity index (χ1v) is 9.25. The molecule has 3 nitrogen and oxygen atoms in total. The van der Waals surface area contributed by atoms with Gasteiger partial charge in [-0.05, 0) is 24.3 Å². The minimum absolute atomic E-state index is 0.739. The summed E-state index contributed by atoms with van der Waals surface area (Å²) in [5.41, 5.74) is 5.20. The molecule has 28 heavy (non-hydrogen) atoms. The van der Waals surface area contributed by atoms with Crippen molar-refractivity contribution in [2.24, 2.45) is 0 Å². The highest BCUT2D eigenvalue weighted by atomic mass is 16.3. The topological polar surface area (TPSA) is 31.0 Å². The first-order chi connectivity index (χ1) is 13.9. The third-order valence-corrected chi connectivity index (χ3v) is 4.73. The predicted octanol–water partition coefficient (Wildman–Crippen LogP) is 6.47. The Kier molecular flexibility index (Phi) is 4.11. The van der Waals surface area contributed by atoms with Crippen LogP contribution in [-0.2, 0) is 0 Å². The molecule has 3 heteroatoms. The van der Waals surface area contributed by atoms with Crippen LogP contribution in [0, 0.1) is 0 Å². The van der Waals surface area contributed by atoms with Crippen LogP contribution in [0.1, 0.15) is 0 Å². The molecule has 5 aromatic rings. The second kappa shape index (κ2) is 7.05. The molecule has 0 unspecified atom stereocenters. The highest BCUT2D eigenvalue weighted by Crippen LogP contribution is 2.38. The van der Waals surface area contributed by atoms with E-state index in [2.05, 4.69) is 53.1 Å². The van der Waals surface area contributed by atoms with E-state index in [0.29, 0.717) is 0 Å². The summed E-state index contributed by atoms with van der Waals surface area (Å²) in [6.45, 7) is 0. The molecule has 134 valence electrons. The largest absolute Gasteiger partial charge is 0.461 e. The molecule has 0 fully saturated rings. The zero-order valence-corrected chi connectivity index (χ0v) is 15.2. The summed E-state index contributed by atoms with van der Waals surface area (Å²) in [5.74, 6) is 1.53. The van der Waals surface area contributed by atoms with Crippen molar-refractivity contribution in [3.63, 3.8) is 0 Å². The van der Waals surface area contributed by atoms with Crippen LogP contribution < -0.4 is 0 Å². The maximum absolute atomic E-state index is 5.74. The molecule has 0 amide bonds. The van der Waals surface area contributed by atoms with Crippen LogP contribution >= 0.6 is 0 Å². The summed E-state index contributed by atoms with van der Waals surface area (Å²) in [6.07, 6.45) is 1.68. The minimum Gasteiger partial charge on any atom is -0.461 e. The Bertz CT molecular complexity index is 1180. The monoisotopic (exact) mass is 362 g/mol. The van der Waals surface area contributed by atoms with Gasteiger partial charge < -0.3 is 4.42 Å². The summed E-state index contributed by atoms with van der Waals surface area (Å²) in [4.78, 5) is 5.04. The molecule has 5 rings (SSSR count). The maximum Gasteiger partial charge on any atom is 0.181 e. The molecule has 0 saturated heterocycles. The first kappa shape index (κ1) is 16.3. The van der Waals surface area contributed by atoms with Crippen LogP contribution in [0.15, 0.2) is 114 Å². The first-order valence-electron chi connectivity index (χ1n) is 9.25. The van der Waals surface area contributed by atoms with E-state index in [1.807, 2.05) is 54.6 Å². The lowest BCUT2D eigenvalue weighted by atomic mass is 10.0. The highest BCUT2D eigenvalue weighted by molar-refractivity contribution is 5.83. The van der Waals surface area contributed by atoms with Gasteiger partial charge in [-0.1, -0.05) is 78.9 Å².